The molecule has 0 bridgehead atoms. The first-order chi connectivity index (χ1) is 15.2. The Morgan fingerprint density at radius 3 is 2.28 bits per heavy atom. The molecular weight excluding hydrogens is 455 g/mol. The van der Waals surface area contributed by atoms with Gasteiger partial charge in [0.2, 0.25) is 0 Å². The molecule has 0 aliphatic heterocycles. The zero-order valence-corrected chi connectivity index (χ0v) is 18.8. The molecule has 0 aliphatic rings. The van der Waals surface area contributed by atoms with E-state index in [4.69, 9.17) is 0 Å². The third-order valence-electron chi connectivity index (χ3n) is 4.34. The smallest absolute Gasteiger partial charge is 0.284 e. The Labute approximate surface area is 191 Å². The number of aryl methyl sites for hydroxylation is 2. The fourth-order valence-electron chi connectivity index (χ4n) is 2.65. The third kappa shape index (κ3) is 5.89. The van der Waals surface area contributed by atoms with Gasteiger partial charge >= 0.3 is 0 Å². The minimum atomic E-state index is -0.541. The average Bonchev–Trinajstić information content (AvgIpc) is 3.17. The Hall–Kier alpha value is -3.31. The second-order valence-corrected chi connectivity index (χ2v) is 8.92. The summed E-state index contributed by atoms with van der Waals surface area (Å²) in [5, 5.41) is 18.5. The fourth-order valence-corrected chi connectivity index (χ4v) is 4.53. The van der Waals surface area contributed by atoms with Crippen molar-refractivity contribution in [2.24, 2.45) is 0 Å². The summed E-state index contributed by atoms with van der Waals surface area (Å²) in [6, 6.07) is 8.40. The molecule has 2 N–H and O–H groups in total. The number of nitrogens with one attached hydrogen (secondary N) is 2. The zero-order valence-electron chi connectivity index (χ0n) is 17.2. The van der Waals surface area contributed by atoms with E-state index >= 15 is 0 Å². The van der Waals surface area contributed by atoms with Crippen LogP contribution in [-0.2, 0) is 0 Å². The van der Waals surface area contributed by atoms with Gasteiger partial charge in [-0.15, -0.1) is 11.3 Å². The van der Waals surface area contributed by atoms with Gasteiger partial charge in [-0.1, -0.05) is 17.8 Å². The number of hydrogen-bond donors (Lipinski definition) is 2. The number of amides is 2. The van der Waals surface area contributed by atoms with Crippen molar-refractivity contribution in [1.29, 1.82) is 0 Å². The van der Waals surface area contributed by atoms with Crippen LogP contribution in [0.5, 0.6) is 0 Å². The Morgan fingerprint density at radius 1 is 1.09 bits per heavy atom. The molecule has 1 heterocycles. The molecule has 0 saturated heterocycles. The molecule has 3 rings (SSSR count). The summed E-state index contributed by atoms with van der Waals surface area (Å²) in [6.45, 7) is 3.65. The van der Waals surface area contributed by atoms with E-state index in [1.165, 1.54) is 53.4 Å². The van der Waals surface area contributed by atoms with Crippen LogP contribution in [0.25, 0.3) is 0 Å². The van der Waals surface area contributed by atoms with Gasteiger partial charge < -0.3 is 10.6 Å². The van der Waals surface area contributed by atoms with E-state index in [0.29, 0.717) is 14.8 Å². The maximum Gasteiger partial charge on any atom is 0.284 e. The van der Waals surface area contributed by atoms with E-state index in [2.05, 4.69) is 15.6 Å². The lowest BCUT2D eigenvalue weighted by Gasteiger charge is -2.08. The van der Waals surface area contributed by atoms with Gasteiger partial charge in [0.15, 0.2) is 4.34 Å². The minimum Gasteiger partial charge on any atom is -0.350 e. The number of benzene rings is 2. The van der Waals surface area contributed by atoms with Crippen molar-refractivity contribution in [1.82, 2.24) is 15.6 Å². The summed E-state index contributed by atoms with van der Waals surface area (Å²) in [7, 11) is 0. The highest BCUT2D eigenvalue weighted by molar-refractivity contribution is 8.01. The van der Waals surface area contributed by atoms with Gasteiger partial charge in [0, 0.05) is 41.4 Å². The molecule has 3 aromatic rings. The van der Waals surface area contributed by atoms with Gasteiger partial charge in [-0.2, -0.15) is 0 Å². The lowest BCUT2D eigenvalue weighted by molar-refractivity contribution is -0.387. The van der Waals surface area contributed by atoms with E-state index in [1.807, 2.05) is 12.3 Å². The van der Waals surface area contributed by atoms with E-state index < -0.39 is 22.6 Å². The van der Waals surface area contributed by atoms with Crippen LogP contribution in [0, 0.1) is 29.8 Å². The normalized spacial score (nSPS) is 10.6. The van der Waals surface area contributed by atoms with Crippen molar-refractivity contribution < 1.29 is 18.9 Å². The number of aromatic nitrogens is 1. The predicted octanol–water partition coefficient (Wildman–Crippen LogP) is 4.12. The number of carbonyl (C=O) groups is 2. The van der Waals surface area contributed by atoms with Gasteiger partial charge in [-0.3, -0.25) is 19.7 Å². The summed E-state index contributed by atoms with van der Waals surface area (Å²) in [6.07, 6.45) is 0. The second kappa shape index (κ2) is 10.3. The van der Waals surface area contributed by atoms with Crippen LogP contribution in [0.3, 0.4) is 0 Å². The molecule has 0 unspecified atom stereocenters. The first-order valence-electron chi connectivity index (χ1n) is 9.45. The Balaban J connectivity index is 1.57. The molecule has 0 aliphatic carbocycles. The molecule has 0 fully saturated rings. The molecule has 0 radical (unpaired) electrons. The third-order valence-corrected chi connectivity index (χ3v) is 6.46. The second-order valence-electron chi connectivity index (χ2n) is 6.77. The number of nitrogens with zero attached hydrogens (tertiary/aromatic N) is 2. The van der Waals surface area contributed by atoms with Crippen molar-refractivity contribution in [3.05, 3.63) is 80.1 Å². The largest absolute Gasteiger partial charge is 0.350 e. The van der Waals surface area contributed by atoms with Crippen molar-refractivity contribution in [2.45, 2.75) is 23.1 Å². The van der Waals surface area contributed by atoms with E-state index in [1.54, 1.807) is 6.92 Å². The summed E-state index contributed by atoms with van der Waals surface area (Å²) in [5.74, 6) is -1.45. The Bertz CT molecular complexity index is 1180. The highest BCUT2D eigenvalue weighted by atomic mass is 32.2. The van der Waals surface area contributed by atoms with Gasteiger partial charge in [0.25, 0.3) is 17.5 Å². The SMILES string of the molecule is Cc1csc(Sc2ccc(C(=O)NCCNC(=O)c3ccc(C)c(F)c3)cc2[N+](=O)[O-])n1. The molecule has 0 atom stereocenters. The average molecular weight is 475 g/mol. The van der Waals surface area contributed by atoms with Gasteiger partial charge in [-0.05, 0) is 43.7 Å². The number of nitro benzene ring substituents is 1. The van der Waals surface area contributed by atoms with Crippen LogP contribution in [0.1, 0.15) is 32.0 Å². The van der Waals surface area contributed by atoms with Gasteiger partial charge in [0.05, 0.1) is 9.82 Å². The predicted molar refractivity (Wildman–Crippen MR) is 120 cm³/mol. The minimum absolute atomic E-state index is 0.0988. The van der Waals surface area contributed by atoms with Crippen molar-refractivity contribution >= 4 is 40.6 Å². The number of hydrogen-bond acceptors (Lipinski definition) is 7. The molecule has 32 heavy (non-hydrogen) atoms. The number of carbonyl (C=O) groups excluding carboxylic acids is 2. The maximum atomic E-state index is 13.6. The lowest BCUT2D eigenvalue weighted by Crippen LogP contribution is -2.34. The van der Waals surface area contributed by atoms with Crippen LogP contribution in [0.2, 0.25) is 0 Å². The van der Waals surface area contributed by atoms with Crippen molar-refractivity contribution in [3.8, 4) is 0 Å². The molecular formula is C21H19FN4O4S2. The molecule has 0 saturated carbocycles. The summed E-state index contributed by atoms with van der Waals surface area (Å²) < 4.78 is 14.2. The summed E-state index contributed by atoms with van der Waals surface area (Å²) in [5.41, 5.74) is 1.39. The summed E-state index contributed by atoms with van der Waals surface area (Å²) >= 11 is 2.55. The Morgan fingerprint density at radius 2 is 1.72 bits per heavy atom. The standard InChI is InChI=1S/C21H19FN4O4S2/c1-12-3-4-14(9-16(12)22)19(27)23-7-8-24-20(28)15-5-6-18(17(10-15)26(29)30)32-21-25-13(2)11-31-21/h3-6,9-11H,7-8H2,1-2H3,(H,23,27)(H,24,28). The van der Waals surface area contributed by atoms with E-state index in [-0.39, 0.29) is 29.9 Å². The fraction of sp³-hybridized carbons (Fsp3) is 0.190. The molecule has 11 heteroatoms. The maximum absolute atomic E-state index is 13.6. The molecule has 2 amide bonds. The van der Waals surface area contributed by atoms with Gasteiger partial charge in [-0.25, -0.2) is 9.37 Å². The number of rotatable bonds is 8. The topological polar surface area (TPSA) is 114 Å². The quantitative estimate of drug-likeness (QED) is 0.288. The molecule has 166 valence electrons. The van der Waals surface area contributed by atoms with Crippen LogP contribution < -0.4 is 10.6 Å². The highest BCUT2D eigenvalue weighted by Gasteiger charge is 2.19. The lowest BCUT2D eigenvalue weighted by atomic mass is 10.1. The van der Waals surface area contributed by atoms with Crippen LogP contribution in [-0.4, -0.2) is 34.8 Å². The van der Waals surface area contributed by atoms with E-state index in [0.717, 1.165) is 11.8 Å². The molecule has 0 spiro atoms. The molecule has 1 aromatic heterocycles. The van der Waals surface area contributed by atoms with Crippen molar-refractivity contribution in [3.63, 3.8) is 0 Å². The van der Waals surface area contributed by atoms with Crippen LogP contribution in [0.15, 0.2) is 51.0 Å². The Kier molecular flexibility index (Phi) is 7.54. The monoisotopic (exact) mass is 474 g/mol. The highest BCUT2D eigenvalue weighted by Crippen LogP contribution is 2.36. The van der Waals surface area contributed by atoms with Gasteiger partial charge in [0.1, 0.15) is 5.82 Å². The molecule has 8 nitrogen and oxygen atoms in total. The number of nitro groups is 1. The number of halogens is 1. The molecule has 2 aromatic carbocycles. The first-order valence-corrected chi connectivity index (χ1v) is 11.1. The zero-order chi connectivity index (χ0) is 23.3. The van der Waals surface area contributed by atoms with E-state index in [9.17, 15) is 24.1 Å². The first kappa shape index (κ1) is 23.4. The van der Waals surface area contributed by atoms with Crippen LogP contribution >= 0.6 is 23.1 Å². The summed E-state index contributed by atoms with van der Waals surface area (Å²) in [4.78, 5) is 40.0. The number of thiazole rings is 1. The van der Waals surface area contributed by atoms with Crippen LogP contribution in [0.4, 0.5) is 10.1 Å². The van der Waals surface area contributed by atoms with Crippen molar-refractivity contribution in [2.75, 3.05) is 13.1 Å².